The van der Waals surface area contributed by atoms with Crippen LogP contribution in [0.25, 0.3) is 0 Å². The van der Waals surface area contributed by atoms with Crippen LogP contribution in [0, 0.1) is 10.1 Å². The summed E-state index contributed by atoms with van der Waals surface area (Å²) >= 11 is 0. The van der Waals surface area contributed by atoms with Gasteiger partial charge in [-0.1, -0.05) is 6.07 Å². The van der Waals surface area contributed by atoms with Crippen molar-refractivity contribution >= 4 is 11.6 Å². The summed E-state index contributed by atoms with van der Waals surface area (Å²) < 4.78 is 9.92. The highest BCUT2D eigenvalue weighted by Crippen LogP contribution is 2.30. The Morgan fingerprint density at radius 2 is 2.20 bits per heavy atom. The Kier molecular flexibility index (Phi) is 6.41. The van der Waals surface area contributed by atoms with E-state index in [0.717, 1.165) is 0 Å². The Hall–Kier alpha value is -2.19. The molecular weight excluding hydrogens is 268 g/mol. The number of hydrogen-bond acceptors (Lipinski definition) is 6. The lowest BCUT2D eigenvalue weighted by atomic mass is 10.1. The van der Waals surface area contributed by atoms with E-state index in [1.807, 2.05) is 0 Å². The first-order chi connectivity index (χ1) is 9.61. The Morgan fingerprint density at radius 3 is 2.80 bits per heavy atom. The van der Waals surface area contributed by atoms with E-state index < -0.39 is 10.8 Å². The van der Waals surface area contributed by atoms with Crippen molar-refractivity contribution in [3.63, 3.8) is 0 Å². The second-order valence-electron chi connectivity index (χ2n) is 3.71. The van der Waals surface area contributed by atoms with Gasteiger partial charge in [-0.2, -0.15) is 0 Å². The molecule has 0 saturated carbocycles. The lowest BCUT2D eigenvalue weighted by molar-refractivity contribution is -0.385. The van der Waals surface area contributed by atoms with Crippen LogP contribution < -0.4 is 10.1 Å². The minimum Gasteiger partial charge on any atom is -0.490 e. The molecule has 20 heavy (non-hydrogen) atoms. The van der Waals surface area contributed by atoms with Crippen LogP contribution in [0.2, 0.25) is 0 Å². The maximum absolute atomic E-state index is 11.9. The van der Waals surface area contributed by atoms with Gasteiger partial charge >= 0.3 is 5.69 Å². The highest BCUT2D eigenvalue weighted by Gasteiger charge is 2.22. The largest absolute Gasteiger partial charge is 0.490 e. The number of amides is 1. The molecule has 0 heterocycles. The van der Waals surface area contributed by atoms with E-state index in [1.54, 1.807) is 0 Å². The number of nitrogens with one attached hydrogen (secondary N) is 1. The molecule has 8 heteroatoms. The summed E-state index contributed by atoms with van der Waals surface area (Å²) in [6.07, 6.45) is 0. The number of nitro groups is 1. The van der Waals surface area contributed by atoms with Gasteiger partial charge < -0.3 is 19.9 Å². The number of aliphatic hydroxyl groups is 1. The number of methoxy groups -OCH3 is 1. The van der Waals surface area contributed by atoms with Gasteiger partial charge in [0.15, 0.2) is 0 Å². The number of ether oxygens (including phenoxy) is 2. The Morgan fingerprint density at radius 1 is 1.45 bits per heavy atom. The van der Waals surface area contributed by atoms with Gasteiger partial charge in [-0.3, -0.25) is 14.9 Å². The average molecular weight is 284 g/mol. The van der Waals surface area contributed by atoms with Crippen LogP contribution in [0.5, 0.6) is 5.75 Å². The summed E-state index contributed by atoms with van der Waals surface area (Å²) in [6, 6.07) is 4.12. The van der Waals surface area contributed by atoms with Gasteiger partial charge in [-0.05, 0) is 6.07 Å². The van der Waals surface area contributed by atoms with Crippen molar-refractivity contribution in [3.05, 3.63) is 33.9 Å². The zero-order valence-electron chi connectivity index (χ0n) is 11.0. The molecule has 0 radical (unpaired) electrons. The van der Waals surface area contributed by atoms with Crippen molar-refractivity contribution in [2.45, 2.75) is 0 Å². The van der Waals surface area contributed by atoms with Crippen LogP contribution >= 0.6 is 0 Å². The maximum atomic E-state index is 11.9. The third-order valence-corrected chi connectivity index (χ3v) is 2.41. The molecule has 0 atom stereocenters. The number of nitro benzene ring substituents is 1. The van der Waals surface area contributed by atoms with Crippen LogP contribution in [-0.4, -0.2) is 49.4 Å². The predicted molar refractivity (Wildman–Crippen MR) is 69.9 cm³/mol. The lowest BCUT2D eigenvalue weighted by Gasteiger charge is -2.09. The first-order valence-corrected chi connectivity index (χ1v) is 5.90. The Labute approximate surface area is 115 Å². The molecular formula is C12H16N2O6. The van der Waals surface area contributed by atoms with Gasteiger partial charge in [-0.15, -0.1) is 0 Å². The van der Waals surface area contributed by atoms with E-state index in [9.17, 15) is 14.9 Å². The van der Waals surface area contributed by atoms with Crippen molar-refractivity contribution in [2.24, 2.45) is 0 Å². The number of hydrogen-bond donors (Lipinski definition) is 2. The average Bonchev–Trinajstić information content (AvgIpc) is 2.45. The summed E-state index contributed by atoms with van der Waals surface area (Å²) in [5, 5.41) is 21.9. The second kappa shape index (κ2) is 8.08. The van der Waals surface area contributed by atoms with Crippen LogP contribution in [0.15, 0.2) is 18.2 Å². The van der Waals surface area contributed by atoms with Gasteiger partial charge in [0.1, 0.15) is 0 Å². The highest BCUT2D eigenvalue weighted by atomic mass is 16.6. The van der Waals surface area contributed by atoms with Crippen LogP contribution in [0.4, 0.5) is 5.69 Å². The zero-order chi connectivity index (χ0) is 15.0. The number of benzene rings is 1. The first-order valence-electron chi connectivity index (χ1n) is 5.90. The molecule has 1 rings (SSSR count). The number of aliphatic hydroxyl groups excluding tert-OH is 1. The summed E-state index contributed by atoms with van der Waals surface area (Å²) in [5.74, 6) is -0.565. The second-order valence-corrected chi connectivity index (χ2v) is 3.71. The molecule has 0 bridgehead atoms. The molecule has 8 nitrogen and oxygen atoms in total. The maximum Gasteiger partial charge on any atom is 0.311 e. The molecule has 0 unspecified atom stereocenters. The summed E-state index contributed by atoms with van der Waals surface area (Å²) in [6.45, 7) is 0.566. The highest BCUT2D eigenvalue weighted by molar-refractivity contribution is 5.98. The molecule has 0 aromatic heterocycles. The molecule has 0 saturated heterocycles. The molecule has 0 aliphatic rings. The van der Waals surface area contributed by atoms with E-state index in [0.29, 0.717) is 0 Å². The number of para-hydroxylation sites is 1. The predicted octanol–water partition coefficient (Wildman–Crippen LogP) is 0.342. The van der Waals surface area contributed by atoms with Crippen molar-refractivity contribution in [1.82, 2.24) is 5.32 Å². The monoisotopic (exact) mass is 284 g/mol. The molecule has 0 aliphatic heterocycles. The normalized spacial score (nSPS) is 10.1. The summed E-state index contributed by atoms with van der Waals surface area (Å²) in [5.41, 5.74) is -0.180. The third-order valence-electron chi connectivity index (χ3n) is 2.41. The summed E-state index contributed by atoms with van der Waals surface area (Å²) in [4.78, 5) is 22.1. The molecule has 110 valence electrons. The van der Waals surface area contributed by atoms with Crippen LogP contribution in [0.3, 0.4) is 0 Å². The molecule has 1 amide bonds. The van der Waals surface area contributed by atoms with Crippen molar-refractivity contribution in [3.8, 4) is 5.75 Å². The summed E-state index contributed by atoms with van der Waals surface area (Å²) in [7, 11) is 1.27. The molecule has 0 spiro atoms. The molecule has 2 N–H and O–H groups in total. The van der Waals surface area contributed by atoms with E-state index in [2.05, 4.69) is 5.32 Å². The fraction of sp³-hybridized carbons (Fsp3) is 0.417. The van der Waals surface area contributed by atoms with Crippen molar-refractivity contribution in [2.75, 3.05) is 33.5 Å². The molecule has 1 aromatic rings. The Balaban J connectivity index is 2.72. The fourth-order valence-corrected chi connectivity index (χ4v) is 1.56. The standard InChI is InChI=1S/C12H16N2O6/c1-19-11-9(3-2-4-10(11)14(17)18)12(16)13-5-7-20-8-6-15/h2-4,15H,5-8H2,1H3,(H,13,16). The van der Waals surface area contributed by atoms with E-state index in [1.165, 1.54) is 25.3 Å². The Bertz CT molecular complexity index is 477. The number of rotatable bonds is 8. The molecule has 0 aliphatic carbocycles. The van der Waals surface area contributed by atoms with Gasteiger partial charge in [-0.25, -0.2) is 0 Å². The van der Waals surface area contributed by atoms with E-state index in [-0.39, 0.29) is 43.4 Å². The minimum absolute atomic E-state index is 0.0775. The number of carbonyl (C=O) groups is 1. The lowest BCUT2D eigenvalue weighted by Crippen LogP contribution is -2.28. The minimum atomic E-state index is -0.611. The van der Waals surface area contributed by atoms with Gasteiger partial charge in [0.05, 0.1) is 37.4 Å². The van der Waals surface area contributed by atoms with Gasteiger partial charge in [0, 0.05) is 12.6 Å². The topological polar surface area (TPSA) is 111 Å². The smallest absolute Gasteiger partial charge is 0.311 e. The van der Waals surface area contributed by atoms with Crippen LogP contribution in [-0.2, 0) is 4.74 Å². The van der Waals surface area contributed by atoms with Gasteiger partial charge in [0.2, 0.25) is 5.75 Å². The zero-order valence-corrected chi connectivity index (χ0v) is 11.0. The number of nitrogens with zero attached hydrogens (tertiary/aromatic N) is 1. The van der Waals surface area contributed by atoms with E-state index >= 15 is 0 Å². The number of carbonyl (C=O) groups excluding carboxylic acids is 1. The fourth-order valence-electron chi connectivity index (χ4n) is 1.56. The van der Waals surface area contributed by atoms with Crippen molar-refractivity contribution < 1.29 is 24.3 Å². The quantitative estimate of drug-likeness (QED) is 0.404. The van der Waals surface area contributed by atoms with Crippen LogP contribution in [0.1, 0.15) is 10.4 Å². The SMILES string of the molecule is COc1c(C(=O)NCCOCCO)cccc1[N+](=O)[O-]. The van der Waals surface area contributed by atoms with E-state index in [4.69, 9.17) is 14.6 Å². The van der Waals surface area contributed by atoms with Gasteiger partial charge in [0.25, 0.3) is 5.91 Å². The molecule has 1 aromatic carbocycles. The van der Waals surface area contributed by atoms with Crippen molar-refractivity contribution in [1.29, 1.82) is 0 Å². The first kappa shape index (κ1) is 15.9. The molecule has 0 fully saturated rings. The third kappa shape index (κ3) is 4.18.